The van der Waals surface area contributed by atoms with Gasteiger partial charge in [-0.1, -0.05) is 0 Å². The summed E-state index contributed by atoms with van der Waals surface area (Å²) in [5, 5.41) is 10.8. The summed E-state index contributed by atoms with van der Waals surface area (Å²) in [5.41, 5.74) is -0.363. The fraction of sp³-hybridized carbons (Fsp3) is 0.714. The van der Waals surface area contributed by atoms with E-state index in [-0.39, 0.29) is 5.88 Å². The minimum Gasteiger partial charge on any atom is -0.480 e. The Hall–Kier alpha value is -1.44. The number of ether oxygens (including phenoxy) is 4. The van der Waals surface area contributed by atoms with Crippen LogP contribution in [0.15, 0.2) is 6.20 Å². The average molecular weight is 298 g/mol. The second-order valence-electron chi connectivity index (χ2n) is 4.82. The van der Waals surface area contributed by atoms with E-state index >= 15 is 0 Å². The standard InChI is InChI=1S/C14H22N2O5/c1-4-21-14(5-7-20-8-6-14)12(17)11-13(19-3)16-10(18-2)9-15-11/h9,12,17H,4-8H2,1-3H3. The Bertz CT molecular complexity index is 457. The molecular formula is C14H22N2O5. The first-order valence-electron chi connectivity index (χ1n) is 7.01. The van der Waals surface area contributed by atoms with Crippen LogP contribution < -0.4 is 9.47 Å². The third-order valence-corrected chi connectivity index (χ3v) is 3.68. The monoisotopic (exact) mass is 298 g/mol. The van der Waals surface area contributed by atoms with Gasteiger partial charge in [-0.15, -0.1) is 0 Å². The lowest BCUT2D eigenvalue weighted by Crippen LogP contribution is -2.45. The highest BCUT2D eigenvalue weighted by molar-refractivity contribution is 5.27. The molecule has 0 amide bonds. The number of methoxy groups -OCH3 is 2. The SMILES string of the molecule is CCOC1(C(O)c2ncc(OC)nc2OC)CCOCC1. The van der Waals surface area contributed by atoms with Crippen molar-refractivity contribution in [1.29, 1.82) is 0 Å². The van der Waals surface area contributed by atoms with Gasteiger partial charge in [0.25, 0.3) is 0 Å². The lowest BCUT2D eigenvalue weighted by Gasteiger charge is -2.40. The van der Waals surface area contributed by atoms with Crippen molar-refractivity contribution in [1.82, 2.24) is 9.97 Å². The summed E-state index contributed by atoms with van der Waals surface area (Å²) in [5.74, 6) is 0.577. The number of hydrogen-bond acceptors (Lipinski definition) is 7. The Morgan fingerprint density at radius 2 is 2.05 bits per heavy atom. The molecule has 0 spiro atoms. The quantitative estimate of drug-likeness (QED) is 0.842. The van der Waals surface area contributed by atoms with E-state index in [1.165, 1.54) is 20.4 Å². The predicted molar refractivity (Wildman–Crippen MR) is 74.5 cm³/mol. The number of rotatable bonds is 6. The molecule has 7 heteroatoms. The zero-order valence-electron chi connectivity index (χ0n) is 12.7. The molecule has 118 valence electrons. The molecule has 1 fully saturated rings. The van der Waals surface area contributed by atoms with Crippen LogP contribution in [0.2, 0.25) is 0 Å². The van der Waals surface area contributed by atoms with Crippen LogP contribution in [0, 0.1) is 0 Å². The molecule has 0 saturated carbocycles. The van der Waals surface area contributed by atoms with Gasteiger partial charge in [-0.2, -0.15) is 4.98 Å². The van der Waals surface area contributed by atoms with Crippen LogP contribution in [0.25, 0.3) is 0 Å². The zero-order chi connectivity index (χ0) is 15.3. The van der Waals surface area contributed by atoms with E-state index in [1.807, 2.05) is 6.92 Å². The van der Waals surface area contributed by atoms with E-state index in [9.17, 15) is 5.11 Å². The van der Waals surface area contributed by atoms with Crippen LogP contribution in [0.4, 0.5) is 0 Å². The van der Waals surface area contributed by atoms with E-state index in [0.29, 0.717) is 44.2 Å². The summed E-state index contributed by atoms with van der Waals surface area (Å²) in [4.78, 5) is 8.40. The molecule has 1 saturated heterocycles. The molecule has 0 bridgehead atoms. The third kappa shape index (κ3) is 3.25. The van der Waals surface area contributed by atoms with Gasteiger partial charge in [0, 0.05) is 32.7 Å². The number of aliphatic hydroxyl groups excluding tert-OH is 1. The molecule has 1 aromatic rings. The van der Waals surface area contributed by atoms with Gasteiger partial charge in [0.2, 0.25) is 11.8 Å². The summed E-state index contributed by atoms with van der Waals surface area (Å²) >= 11 is 0. The van der Waals surface area contributed by atoms with Crippen LogP contribution in [-0.2, 0) is 9.47 Å². The first-order valence-corrected chi connectivity index (χ1v) is 7.01. The summed E-state index contributed by atoms with van der Waals surface area (Å²) in [6.45, 7) is 3.50. The summed E-state index contributed by atoms with van der Waals surface area (Å²) in [7, 11) is 2.98. The molecule has 21 heavy (non-hydrogen) atoms. The lowest BCUT2D eigenvalue weighted by molar-refractivity contribution is -0.169. The van der Waals surface area contributed by atoms with Crippen molar-refractivity contribution < 1.29 is 24.1 Å². The first-order chi connectivity index (χ1) is 10.2. The van der Waals surface area contributed by atoms with E-state index in [4.69, 9.17) is 18.9 Å². The van der Waals surface area contributed by atoms with Gasteiger partial charge in [-0.3, -0.25) is 0 Å². The van der Waals surface area contributed by atoms with Crippen molar-refractivity contribution in [3.8, 4) is 11.8 Å². The van der Waals surface area contributed by atoms with E-state index in [2.05, 4.69) is 9.97 Å². The largest absolute Gasteiger partial charge is 0.480 e. The van der Waals surface area contributed by atoms with Gasteiger partial charge in [-0.25, -0.2) is 4.98 Å². The Kier molecular flexibility index (Phi) is 5.33. The normalized spacial score (nSPS) is 19.0. The van der Waals surface area contributed by atoms with E-state index in [0.717, 1.165) is 0 Å². The van der Waals surface area contributed by atoms with Gasteiger partial charge in [0.1, 0.15) is 17.4 Å². The molecule has 1 N–H and O–H groups in total. The summed E-state index contributed by atoms with van der Waals surface area (Å²) < 4.78 is 21.5. The molecule has 0 aliphatic carbocycles. The van der Waals surface area contributed by atoms with Crippen molar-refractivity contribution in [2.75, 3.05) is 34.0 Å². The molecule has 1 aliphatic rings. The molecule has 1 aromatic heterocycles. The van der Waals surface area contributed by atoms with Gasteiger partial charge in [0.05, 0.1) is 20.4 Å². The maximum atomic E-state index is 10.8. The Balaban J connectivity index is 2.33. The number of aliphatic hydroxyl groups is 1. The topological polar surface area (TPSA) is 82.9 Å². The highest BCUT2D eigenvalue weighted by atomic mass is 16.5. The molecule has 1 unspecified atom stereocenters. The average Bonchev–Trinajstić information content (AvgIpc) is 2.54. The van der Waals surface area contributed by atoms with Gasteiger partial charge >= 0.3 is 0 Å². The van der Waals surface area contributed by atoms with Gasteiger partial charge in [0.15, 0.2) is 0 Å². The van der Waals surface area contributed by atoms with Crippen LogP contribution in [-0.4, -0.2) is 54.7 Å². The van der Waals surface area contributed by atoms with Crippen molar-refractivity contribution in [3.05, 3.63) is 11.9 Å². The second kappa shape index (κ2) is 7.02. The van der Waals surface area contributed by atoms with Gasteiger partial charge in [-0.05, 0) is 6.92 Å². The van der Waals surface area contributed by atoms with Crippen molar-refractivity contribution >= 4 is 0 Å². The highest BCUT2D eigenvalue weighted by Gasteiger charge is 2.43. The number of hydrogen-bond donors (Lipinski definition) is 1. The fourth-order valence-electron chi connectivity index (χ4n) is 2.55. The molecule has 2 heterocycles. The maximum Gasteiger partial charge on any atom is 0.241 e. The molecule has 0 aromatic carbocycles. The fourth-order valence-corrected chi connectivity index (χ4v) is 2.55. The predicted octanol–water partition coefficient (Wildman–Crippen LogP) is 1.11. The first kappa shape index (κ1) is 15.9. The summed E-state index contributed by atoms with van der Waals surface area (Å²) in [6.07, 6.45) is 1.72. The van der Waals surface area contributed by atoms with Crippen LogP contribution >= 0.6 is 0 Å². The van der Waals surface area contributed by atoms with Crippen LogP contribution in [0.3, 0.4) is 0 Å². The molecule has 0 radical (unpaired) electrons. The second-order valence-corrected chi connectivity index (χ2v) is 4.82. The smallest absolute Gasteiger partial charge is 0.241 e. The number of aromatic nitrogens is 2. The molecule has 1 atom stereocenters. The molecule has 7 nitrogen and oxygen atoms in total. The Morgan fingerprint density at radius 1 is 1.33 bits per heavy atom. The van der Waals surface area contributed by atoms with Crippen molar-refractivity contribution in [2.24, 2.45) is 0 Å². The van der Waals surface area contributed by atoms with Crippen molar-refractivity contribution in [2.45, 2.75) is 31.5 Å². The minimum atomic E-state index is -0.935. The Labute approximate surface area is 124 Å². The van der Waals surface area contributed by atoms with Crippen LogP contribution in [0.1, 0.15) is 31.6 Å². The maximum absolute atomic E-state index is 10.8. The number of nitrogens with zero attached hydrogens (tertiary/aromatic N) is 2. The third-order valence-electron chi connectivity index (χ3n) is 3.68. The van der Waals surface area contributed by atoms with Gasteiger partial charge < -0.3 is 24.1 Å². The van der Waals surface area contributed by atoms with E-state index < -0.39 is 11.7 Å². The molecule has 2 rings (SSSR count). The highest BCUT2D eigenvalue weighted by Crippen LogP contribution is 2.39. The van der Waals surface area contributed by atoms with E-state index in [1.54, 1.807) is 0 Å². The molecule has 1 aliphatic heterocycles. The zero-order valence-corrected chi connectivity index (χ0v) is 12.7. The lowest BCUT2D eigenvalue weighted by atomic mass is 9.86. The Morgan fingerprint density at radius 3 is 2.62 bits per heavy atom. The molecular weight excluding hydrogens is 276 g/mol. The van der Waals surface area contributed by atoms with Crippen LogP contribution in [0.5, 0.6) is 11.8 Å². The summed E-state index contributed by atoms with van der Waals surface area (Å²) in [6, 6.07) is 0. The van der Waals surface area contributed by atoms with Crippen molar-refractivity contribution in [3.63, 3.8) is 0 Å². The minimum absolute atomic E-state index is 0.243.